The van der Waals surface area contributed by atoms with Gasteiger partial charge in [-0.05, 0) is 47.5 Å². The van der Waals surface area contributed by atoms with Crippen LogP contribution in [0.5, 0.6) is 0 Å². The van der Waals surface area contributed by atoms with E-state index in [1.807, 2.05) is 0 Å². The van der Waals surface area contributed by atoms with Crippen molar-refractivity contribution in [3.05, 3.63) is 104 Å². The van der Waals surface area contributed by atoms with Gasteiger partial charge in [0.15, 0.2) is 10.8 Å². The summed E-state index contributed by atoms with van der Waals surface area (Å²) < 4.78 is 40.7. The highest BCUT2D eigenvalue weighted by molar-refractivity contribution is 6.33. The molecule has 3 heterocycles. The Morgan fingerprint density at radius 1 is 0.778 bits per heavy atom. The van der Waals surface area contributed by atoms with E-state index in [0.717, 1.165) is 15.3 Å². The van der Waals surface area contributed by atoms with E-state index in [0.29, 0.717) is 38.5 Å². The van der Waals surface area contributed by atoms with Crippen LogP contribution < -0.4 is 5.69 Å². The molecule has 0 aliphatic heterocycles. The first-order valence-corrected chi connectivity index (χ1v) is 11.5. The Labute approximate surface area is 216 Å². The minimum Gasteiger partial charge on any atom is -0.259 e. The monoisotopic (exact) mass is 549 g/mol. The van der Waals surface area contributed by atoms with Gasteiger partial charge in [0.2, 0.25) is 0 Å². The summed E-state index contributed by atoms with van der Waals surface area (Å²) in [7, 11) is 0. The van der Waals surface area contributed by atoms with Gasteiger partial charge in [0.1, 0.15) is 0 Å². The molecule has 2 aromatic carbocycles. The number of hydrogen-bond donors (Lipinski definition) is 0. The van der Waals surface area contributed by atoms with Crippen molar-refractivity contribution < 1.29 is 13.2 Å². The predicted molar refractivity (Wildman–Crippen MR) is 131 cm³/mol. The molecule has 0 aliphatic rings. The van der Waals surface area contributed by atoms with Crippen LogP contribution >= 0.6 is 34.8 Å². The SMILES string of the molecule is O=c1n(Cc2ccc(C(F)(F)F)cn2)nc2c(-c3ccc(Cl)cc3)c(-c3ccc(Cl)cc3)c(Cl)nn12. The number of halogens is 6. The van der Waals surface area contributed by atoms with Crippen LogP contribution in [0.3, 0.4) is 0 Å². The van der Waals surface area contributed by atoms with Crippen LogP contribution in [0.1, 0.15) is 11.3 Å². The van der Waals surface area contributed by atoms with Crippen molar-refractivity contribution in [2.75, 3.05) is 0 Å². The second kappa shape index (κ2) is 9.24. The zero-order valence-corrected chi connectivity index (χ0v) is 20.2. The van der Waals surface area contributed by atoms with Crippen LogP contribution in [0, 0.1) is 0 Å². The van der Waals surface area contributed by atoms with Gasteiger partial charge in [0.05, 0.1) is 17.8 Å². The second-order valence-corrected chi connectivity index (χ2v) is 9.00. The summed E-state index contributed by atoms with van der Waals surface area (Å²) in [5, 5.41) is 9.78. The lowest BCUT2D eigenvalue weighted by molar-refractivity contribution is -0.137. The van der Waals surface area contributed by atoms with Gasteiger partial charge in [-0.3, -0.25) is 4.98 Å². The lowest BCUT2D eigenvalue weighted by atomic mass is 9.97. The van der Waals surface area contributed by atoms with Crippen molar-refractivity contribution in [3.8, 4) is 22.3 Å². The normalized spacial score (nSPS) is 11.8. The summed E-state index contributed by atoms with van der Waals surface area (Å²) in [6.07, 6.45) is -3.80. The Bertz CT molecular complexity index is 1630. The Hall–Kier alpha value is -3.40. The zero-order chi connectivity index (χ0) is 25.6. The number of benzene rings is 2. The molecule has 0 spiro atoms. The van der Waals surface area contributed by atoms with E-state index in [9.17, 15) is 18.0 Å². The van der Waals surface area contributed by atoms with E-state index in [1.165, 1.54) is 6.07 Å². The van der Waals surface area contributed by atoms with Gasteiger partial charge in [-0.1, -0.05) is 59.1 Å². The van der Waals surface area contributed by atoms with E-state index in [4.69, 9.17) is 34.8 Å². The lowest BCUT2D eigenvalue weighted by Gasteiger charge is -2.12. The molecule has 12 heteroatoms. The second-order valence-electron chi connectivity index (χ2n) is 7.77. The largest absolute Gasteiger partial charge is 0.417 e. The van der Waals surface area contributed by atoms with Crippen molar-refractivity contribution in [1.29, 1.82) is 0 Å². The summed E-state index contributed by atoms with van der Waals surface area (Å²) in [6.45, 7) is -0.172. The van der Waals surface area contributed by atoms with Gasteiger partial charge in [-0.15, -0.1) is 10.2 Å². The topological polar surface area (TPSA) is 65.1 Å². The Morgan fingerprint density at radius 3 is 1.89 bits per heavy atom. The summed E-state index contributed by atoms with van der Waals surface area (Å²) in [5.74, 6) is 0. The average molecular weight is 551 g/mol. The molecule has 0 saturated carbocycles. The third-order valence-corrected chi connectivity index (χ3v) is 6.18. The van der Waals surface area contributed by atoms with Gasteiger partial charge in [-0.25, -0.2) is 9.48 Å². The molecule has 0 fully saturated rings. The van der Waals surface area contributed by atoms with E-state index in [-0.39, 0.29) is 23.0 Å². The van der Waals surface area contributed by atoms with Crippen LogP contribution in [0.25, 0.3) is 27.9 Å². The van der Waals surface area contributed by atoms with E-state index in [1.54, 1.807) is 48.5 Å². The van der Waals surface area contributed by atoms with Crippen LogP contribution in [0.15, 0.2) is 71.7 Å². The van der Waals surface area contributed by atoms with Crippen LogP contribution in [0.4, 0.5) is 13.2 Å². The molecular formula is C24H13Cl3F3N5O. The Morgan fingerprint density at radius 2 is 1.36 bits per heavy atom. The molecular weight excluding hydrogens is 538 g/mol. The third kappa shape index (κ3) is 4.57. The van der Waals surface area contributed by atoms with Gasteiger partial charge < -0.3 is 0 Å². The maximum atomic E-state index is 13.1. The minimum atomic E-state index is -4.52. The van der Waals surface area contributed by atoms with Gasteiger partial charge in [0.25, 0.3) is 0 Å². The van der Waals surface area contributed by atoms with Crippen molar-refractivity contribution in [2.45, 2.75) is 12.7 Å². The quantitative estimate of drug-likeness (QED) is 0.251. The van der Waals surface area contributed by atoms with Gasteiger partial charge >= 0.3 is 11.9 Å². The van der Waals surface area contributed by atoms with E-state index >= 15 is 0 Å². The van der Waals surface area contributed by atoms with Gasteiger partial charge in [0, 0.05) is 27.4 Å². The average Bonchev–Trinajstić information content (AvgIpc) is 3.14. The number of alkyl halides is 3. The maximum Gasteiger partial charge on any atom is 0.417 e. The molecule has 0 radical (unpaired) electrons. The highest BCUT2D eigenvalue weighted by Crippen LogP contribution is 2.39. The first-order chi connectivity index (χ1) is 17.1. The number of hydrogen-bond acceptors (Lipinski definition) is 4. The van der Waals surface area contributed by atoms with Crippen LogP contribution in [-0.4, -0.2) is 24.4 Å². The molecule has 0 bridgehead atoms. The van der Waals surface area contributed by atoms with Gasteiger partial charge in [-0.2, -0.15) is 17.7 Å². The summed E-state index contributed by atoms with van der Waals surface area (Å²) in [5.41, 5.74) is 1.29. The molecule has 0 unspecified atom stereocenters. The fourth-order valence-corrected chi connectivity index (χ4v) is 4.24. The number of nitrogens with zero attached hydrogens (tertiary/aromatic N) is 5. The maximum absolute atomic E-state index is 13.1. The molecule has 6 nitrogen and oxygen atoms in total. The fourth-order valence-electron chi connectivity index (χ4n) is 3.71. The summed E-state index contributed by atoms with van der Waals surface area (Å²) in [6, 6.07) is 15.9. The van der Waals surface area contributed by atoms with Crippen molar-refractivity contribution in [2.24, 2.45) is 0 Å². The van der Waals surface area contributed by atoms with Crippen LogP contribution in [-0.2, 0) is 12.7 Å². The number of pyridine rings is 1. The van der Waals surface area contributed by atoms with Crippen molar-refractivity contribution in [3.63, 3.8) is 0 Å². The van der Waals surface area contributed by atoms with Crippen LogP contribution in [0.2, 0.25) is 15.2 Å². The highest BCUT2D eigenvalue weighted by Gasteiger charge is 2.30. The smallest absolute Gasteiger partial charge is 0.259 e. The Balaban J connectivity index is 1.70. The van der Waals surface area contributed by atoms with Crippen molar-refractivity contribution in [1.82, 2.24) is 24.4 Å². The summed E-state index contributed by atoms with van der Waals surface area (Å²) >= 11 is 18.7. The predicted octanol–water partition coefficient (Wildman–Crippen LogP) is 6.65. The first-order valence-electron chi connectivity index (χ1n) is 10.3. The molecule has 0 atom stereocenters. The third-order valence-electron chi connectivity index (χ3n) is 5.42. The Kier molecular flexibility index (Phi) is 6.23. The molecule has 182 valence electrons. The highest BCUT2D eigenvalue weighted by atomic mass is 35.5. The molecule has 0 saturated heterocycles. The minimum absolute atomic E-state index is 0.0454. The number of fused-ring (bicyclic) bond motifs is 1. The standard InChI is InChI=1S/C24H13Cl3F3N5O/c25-16-6-1-13(2-7-16)19-20(14-3-8-17(26)9-4-14)22-33-34(23(36)35(22)32-21(19)27)12-18-10-5-15(11-31-18)24(28,29)30/h1-11H,12H2. The summed E-state index contributed by atoms with van der Waals surface area (Å²) in [4.78, 5) is 17.0. The van der Waals surface area contributed by atoms with E-state index < -0.39 is 17.4 Å². The molecule has 5 rings (SSSR count). The van der Waals surface area contributed by atoms with Crippen molar-refractivity contribution >= 4 is 40.4 Å². The molecule has 36 heavy (non-hydrogen) atoms. The molecule has 0 amide bonds. The number of rotatable bonds is 4. The molecule has 0 aliphatic carbocycles. The zero-order valence-electron chi connectivity index (χ0n) is 18.0. The van der Waals surface area contributed by atoms with E-state index in [2.05, 4.69) is 15.2 Å². The first kappa shape index (κ1) is 24.3. The molecule has 5 aromatic rings. The number of aromatic nitrogens is 5. The fraction of sp³-hybridized carbons (Fsp3) is 0.0833. The molecule has 0 N–H and O–H groups in total. The lowest BCUT2D eigenvalue weighted by Crippen LogP contribution is -2.23. The molecule has 3 aromatic heterocycles.